The fraction of sp³-hybridized carbons (Fsp3) is 0.238. The Morgan fingerprint density at radius 2 is 1.89 bits per heavy atom. The molecule has 6 nitrogen and oxygen atoms in total. The Balaban J connectivity index is 1.53. The van der Waals surface area contributed by atoms with E-state index in [1.165, 1.54) is 12.5 Å². The number of fused-ring (bicyclic) bond motifs is 1. The average Bonchev–Trinajstić information content (AvgIpc) is 3.22. The van der Waals surface area contributed by atoms with Crippen LogP contribution in [0.1, 0.15) is 22.3 Å². The van der Waals surface area contributed by atoms with Gasteiger partial charge in [0.05, 0.1) is 18.9 Å². The first-order chi connectivity index (χ1) is 13.1. The van der Waals surface area contributed by atoms with E-state index in [-0.39, 0.29) is 24.8 Å². The number of carbonyl (C=O) groups is 2. The van der Waals surface area contributed by atoms with Crippen LogP contribution in [0.3, 0.4) is 0 Å². The summed E-state index contributed by atoms with van der Waals surface area (Å²) in [5, 5.41) is 4.90. The molecule has 27 heavy (non-hydrogen) atoms. The van der Waals surface area contributed by atoms with Gasteiger partial charge in [0.1, 0.15) is 12.0 Å². The van der Waals surface area contributed by atoms with Crippen LogP contribution in [0.15, 0.2) is 59.4 Å². The molecular formula is C21H22N2O4. The summed E-state index contributed by atoms with van der Waals surface area (Å²) in [6, 6.07) is 13.6. The van der Waals surface area contributed by atoms with Gasteiger partial charge in [-0.3, -0.25) is 9.59 Å². The number of hydrogen-bond donors (Lipinski definition) is 1. The van der Waals surface area contributed by atoms with Gasteiger partial charge in [0.15, 0.2) is 0 Å². The van der Waals surface area contributed by atoms with Crippen molar-refractivity contribution in [2.75, 3.05) is 20.7 Å². The number of nitrogens with one attached hydrogen (secondary N) is 1. The molecule has 1 aromatic heterocycles. The Morgan fingerprint density at radius 1 is 1.11 bits per heavy atom. The Labute approximate surface area is 157 Å². The van der Waals surface area contributed by atoms with Gasteiger partial charge in [-0.2, -0.15) is 0 Å². The zero-order valence-corrected chi connectivity index (χ0v) is 15.4. The summed E-state index contributed by atoms with van der Waals surface area (Å²) in [5.41, 5.74) is 1.49. The maximum atomic E-state index is 12.3. The maximum Gasteiger partial charge on any atom is 0.254 e. The van der Waals surface area contributed by atoms with Crippen LogP contribution >= 0.6 is 0 Å². The van der Waals surface area contributed by atoms with Crippen molar-refractivity contribution >= 4 is 22.6 Å². The fourth-order valence-electron chi connectivity index (χ4n) is 2.83. The van der Waals surface area contributed by atoms with E-state index in [2.05, 4.69) is 11.4 Å². The van der Waals surface area contributed by atoms with Gasteiger partial charge >= 0.3 is 0 Å². The molecule has 0 bridgehead atoms. The summed E-state index contributed by atoms with van der Waals surface area (Å²) in [6.07, 6.45) is 3.05. The lowest BCUT2D eigenvalue weighted by atomic mass is 10.1. The van der Waals surface area contributed by atoms with Gasteiger partial charge in [0.25, 0.3) is 5.91 Å². The number of hydrogen-bond acceptors (Lipinski definition) is 4. The molecule has 1 heterocycles. The summed E-state index contributed by atoms with van der Waals surface area (Å²) in [4.78, 5) is 25.8. The second-order valence-electron chi connectivity index (χ2n) is 6.32. The van der Waals surface area contributed by atoms with Gasteiger partial charge in [-0.15, -0.1) is 0 Å². The van der Waals surface area contributed by atoms with Crippen LogP contribution in [-0.2, 0) is 11.3 Å². The molecule has 3 rings (SSSR count). The molecule has 0 saturated carbocycles. The molecule has 2 aromatic carbocycles. The molecule has 0 radical (unpaired) electrons. The van der Waals surface area contributed by atoms with Crippen molar-refractivity contribution in [3.05, 3.63) is 66.1 Å². The number of benzene rings is 2. The lowest BCUT2D eigenvalue weighted by Crippen LogP contribution is -2.31. The highest BCUT2D eigenvalue weighted by Crippen LogP contribution is 2.22. The van der Waals surface area contributed by atoms with Crippen LogP contribution in [0.2, 0.25) is 0 Å². The van der Waals surface area contributed by atoms with E-state index in [0.29, 0.717) is 12.1 Å². The first-order valence-electron chi connectivity index (χ1n) is 8.68. The largest absolute Gasteiger partial charge is 0.497 e. The highest BCUT2D eigenvalue weighted by Gasteiger charge is 2.11. The van der Waals surface area contributed by atoms with E-state index >= 15 is 0 Å². The van der Waals surface area contributed by atoms with Crippen molar-refractivity contribution in [2.45, 2.75) is 13.0 Å². The second kappa shape index (κ2) is 8.40. The summed E-state index contributed by atoms with van der Waals surface area (Å²) < 4.78 is 10.1. The summed E-state index contributed by atoms with van der Waals surface area (Å²) in [6.45, 7) is 0.793. The monoisotopic (exact) mass is 366 g/mol. The van der Waals surface area contributed by atoms with Gasteiger partial charge in [0.2, 0.25) is 5.91 Å². The van der Waals surface area contributed by atoms with Gasteiger partial charge in [-0.25, -0.2) is 0 Å². The minimum absolute atomic E-state index is 0.0303. The molecule has 1 N–H and O–H groups in total. The van der Waals surface area contributed by atoms with E-state index in [0.717, 1.165) is 22.1 Å². The van der Waals surface area contributed by atoms with E-state index < -0.39 is 0 Å². The predicted molar refractivity (Wildman–Crippen MR) is 103 cm³/mol. The third-order valence-corrected chi connectivity index (χ3v) is 4.37. The van der Waals surface area contributed by atoms with Crippen molar-refractivity contribution < 1.29 is 18.7 Å². The Bertz CT molecular complexity index is 935. The van der Waals surface area contributed by atoms with Crippen LogP contribution in [0.4, 0.5) is 0 Å². The number of methoxy groups -OCH3 is 1. The molecule has 0 aliphatic carbocycles. The van der Waals surface area contributed by atoms with Gasteiger partial charge in [-0.05, 0) is 40.6 Å². The molecule has 3 aromatic rings. The molecule has 0 saturated heterocycles. The van der Waals surface area contributed by atoms with Crippen molar-refractivity contribution in [1.29, 1.82) is 0 Å². The number of furan rings is 1. The summed E-state index contributed by atoms with van der Waals surface area (Å²) in [7, 11) is 3.41. The molecule has 0 atom stereocenters. The predicted octanol–water partition coefficient (Wildman–Crippen LogP) is 3.22. The van der Waals surface area contributed by atoms with Crippen LogP contribution < -0.4 is 10.1 Å². The number of nitrogens with zero attached hydrogens (tertiary/aromatic N) is 1. The molecule has 0 aliphatic rings. The van der Waals surface area contributed by atoms with Crippen LogP contribution in [-0.4, -0.2) is 37.4 Å². The molecule has 0 unspecified atom stereocenters. The second-order valence-corrected chi connectivity index (χ2v) is 6.32. The average molecular weight is 366 g/mol. The van der Waals surface area contributed by atoms with Crippen molar-refractivity contribution in [3.8, 4) is 5.75 Å². The number of amides is 2. The molecule has 6 heteroatoms. The molecule has 140 valence electrons. The van der Waals surface area contributed by atoms with Gasteiger partial charge < -0.3 is 19.4 Å². The SMILES string of the molecule is COc1ccc2cc(CN(C)C(=O)CCNC(=O)c3ccoc3)ccc2c1. The standard InChI is InChI=1S/C21H22N2O4/c1-23(20(24)7-9-22-21(25)18-8-10-27-14-18)13-15-3-4-17-12-19(26-2)6-5-16(17)11-15/h3-6,8,10-12,14H,7,9,13H2,1-2H3,(H,22,25). The number of ether oxygens (including phenoxy) is 1. The lowest BCUT2D eigenvalue weighted by Gasteiger charge is -2.18. The van der Waals surface area contributed by atoms with Gasteiger partial charge in [-0.1, -0.05) is 18.2 Å². The molecule has 0 spiro atoms. The van der Waals surface area contributed by atoms with Crippen LogP contribution in [0, 0.1) is 0 Å². The van der Waals surface area contributed by atoms with Crippen molar-refractivity contribution in [3.63, 3.8) is 0 Å². The van der Waals surface area contributed by atoms with Crippen LogP contribution in [0.5, 0.6) is 5.75 Å². The Hall–Kier alpha value is -3.28. The Kier molecular flexibility index (Phi) is 5.76. The topological polar surface area (TPSA) is 71.8 Å². The summed E-state index contributed by atoms with van der Waals surface area (Å²) in [5.74, 6) is 0.543. The highest BCUT2D eigenvalue weighted by molar-refractivity contribution is 5.94. The first-order valence-corrected chi connectivity index (χ1v) is 8.68. The normalized spacial score (nSPS) is 10.6. The van der Waals surface area contributed by atoms with Crippen LogP contribution in [0.25, 0.3) is 10.8 Å². The molecule has 2 amide bonds. The number of rotatable bonds is 7. The quantitative estimate of drug-likeness (QED) is 0.697. The fourth-order valence-corrected chi connectivity index (χ4v) is 2.83. The van der Waals surface area contributed by atoms with E-state index in [9.17, 15) is 9.59 Å². The van der Waals surface area contributed by atoms with Crippen molar-refractivity contribution in [1.82, 2.24) is 10.2 Å². The summed E-state index contributed by atoms with van der Waals surface area (Å²) >= 11 is 0. The maximum absolute atomic E-state index is 12.3. The zero-order valence-electron chi connectivity index (χ0n) is 15.4. The lowest BCUT2D eigenvalue weighted by molar-refractivity contribution is -0.130. The molecule has 0 fully saturated rings. The van der Waals surface area contributed by atoms with E-state index in [1.54, 1.807) is 25.1 Å². The third kappa shape index (κ3) is 4.67. The number of carbonyl (C=O) groups excluding carboxylic acids is 2. The van der Waals surface area contributed by atoms with E-state index in [4.69, 9.17) is 9.15 Å². The van der Waals surface area contributed by atoms with E-state index in [1.807, 2.05) is 30.3 Å². The first kappa shape index (κ1) is 18.5. The molecule has 0 aliphatic heterocycles. The smallest absolute Gasteiger partial charge is 0.254 e. The minimum atomic E-state index is -0.246. The van der Waals surface area contributed by atoms with Crippen molar-refractivity contribution in [2.24, 2.45) is 0 Å². The minimum Gasteiger partial charge on any atom is -0.497 e. The Morgan fingerprint density at radius 3 is 2.63 bits per heavy atom. The highest BCUT2D eigenvalue weighted by atomic mass is 16.5. The van der Waals surface area contributed by atoms with Gasteiger partial charge in [0, 0.05) is 26.6 Å². The third-order valence-electron chi connectivity index (χ3n) is 4.37. The molecular weight excluding hydrogens is 344 g/mol. The zero-order chi connectivity index (χ0) is 19.2.